The second-order valence-corrected chi connectivity index (χ2v) is 8.79. The lowest BCUT2D eigenvalue weighted by molar-refractivity contribution is -0.128. The first kappa shape index (κ1) is 21.8. The Labute approximate surface area is 166 Å². The van der Waals surface area contributed by atoms with Gasteiger partial charge in [0, 0.05) is 27.7 Å². The maximum absolute atomic E-state index is 12.5. The second-order valence-electron chi connectivity index (χ2n) is 6.64. The third kappa shape index (κ3) is 5.26. The van der Waals surface area contributed by atoms with Gasteiger partial charge < -0.3 is 20.0 Å². The third-order valence-corrected chi connectivity index (χ3v) is 5.99. The minimum absolute atomic E-state index is 0.0278. The van der Waals surface area contributed by atoms with Crippen molar-refractivity contribution < 1.29 is 17.6 Å². The van der Waals surface area contributed by atoms with Gasteiger partial charge in [0.05, 0.1) is 29.4 Å². The summed E-state index contributed by atoms with van der Waals surface area (Å²) in [5, 5.41) is 6.22. The highest BCUT2D eigenvalue weighted by molar-refractivity contribution is 7.89. The van der Waals surface area contributed by atoms with Crippen LogP contribution in [0.5, 0.6) is 0 Å². The number of carbonyl (C=O) groups excluding carboxylic acids is 1. The molecule has 0 unspecified atom stereocenters. The molecule has 2 N–H and O–H groups in total. The van der Waals surface area contributed by atoms with Gasteiger partial charge in [-0.1, -0.05) is 0 Å². The molecule has 0 spiro atoms. The molecule has 0 aliphatic rings. The molecule has 0 aliphatic heterocycles. The molecule has 9 heteroatoms. The minimum atomic E-state index is -3.57. The minimum Gasteiger partial charge on any atom is -0.464 e. The number of nitrogens with zero attached hydrogens (tertiary/aromatic N) is 2. The van der Waals surface area contributed by atoms with Crippen LogP contribution in [0.4, 0.5) is 11.4 Å². The molecule has 1 aromatic carbocycles. The van der Waals surface area contributed by atoms with E-state index in [1.54, 1.807) is 24.1 Å². The van der Waals surface area contributed by atoms with Gasteiger partial charge in [0.2, 0.25) is 15.9 Å². The molecular formula is C19H28N4O4S. The van der Waals surface area contributed by atoms with Gasteiger partial charge in [-0.15, -0.1) is 0 Å². The van der Waals surface area contributed by atoms with Crippen molar-refractivity contribution in [3.63, 3.8) is 0 Å². The summed E-state index contributed by atoms with van der Waals surface area (Å²) in [6.45, 7) is 4.85. The second kappa shape index (κ2) is 9.11. The molecular weight excluding hydrogens is 380 g/mol. The highest BCUT2D eigenvalue weighted by Crippen LogP contribution is 2.26. The van der Waals surface area contributed by atoms with Gasteiger partial charge in [0.25, 0.3) is 0 Å². The average molecular weight is 409 g/mol. The van der Waals surface area contributed by atoms with Gasteiger partial charge in [0.1, 0.15) is 11.5 Å². The van der Waals surface area contributed by atoms with Crippen LogP contribution in [-0.4, -0.2) is 57.8 Å². The summed E-state index contributed by atoms with van der Waals surface area (Å²) < 4.78 is 31.4. The van der Waals surface area contributed by atoms with Crippen molar-refractivity contribution in [3.8, 4) is 0 Å². The maximum Gasteiger partial charge on any atom is 0.242 e. The Morgan fingerprint density at radius 1 is 1.07 bits per heavy atom. The van der Waals surface area contributed by atoms with E-state index in [0.29, 0.717) is 24.5 Å². The van der Waals surface area contributed by atoms with Crippen LogP contribution in [0.3, 0.4) is 0 Å². The molecule has 0 aliphatic carbocycles. The van der Waals surface area contributed by atoms with E-state index in [9.17, 15) is 13.2 Å². The number of hydrogen-bond donors (Lipinski definition) is 2. The molecule has 0 bridgehead atoms. The number of carbonyl (C=O) groups is 1. The van der Waals surface area contributed by atoms with Crippen molar-refractivity contribution in [2.75, 3.05) is 44.9 Å². The van der Waals surface area contributed by atoms with Gasteiger partial charge in [-0.05, 0) is 44.2 Å². The number of furan rings is 1. The lowest BCUT2D eigenvalue weighted by Gasteiger charge is -2.19. The standard InChI is InChI=1S/C19H28N4O4S/c1-6-20-17-10-9-16(28(25,26)22(3)4)11-18(17)21-12-19(24)23(5)13-15-8-7-14(2)27-15/h7-11,20-21H,6,12-13H2,1-5H3. The number of likely N-dealkylation sites (N-methyl/N-ethyl adjacent to an activating group) is 1. The molecule has 0 atom stereocenters. The van der Waals surface area contributed by atoms with E-state index < -0.39 is 10.0 Å². The first-order valence-electron chi connectivity index (χ1n) is 8.98. The first-order valence-corrected chi connectivity index (χ1v) is 10.4. The number of rotatable bonds is 9. The van der Waals surface area contributed by atoms with Crippen LogP contribution in [0.15, 0.2) is 39.6 Å². The number of sulfonamides is 1. The lowest BCUT2D eigenvalue weighted by Crippen LogP contribution is -2.31. The van der Waals surface area contributed by atoms with Crippen LogP contribution >= 0.6 is 0 Å². The summed E-state index contributed by atoms with van der Waals surface area (Å²) in [7, 11) is 1.09. The summed E-state index contributed by atoms with van der Waals surface area (Å²) in [6, 6.07) is 8.47. The Morgan fingerprint density at radius 2 is 1.79 bits per heavy atom. The Kier molecular flexibility index (Phi) is 7.09. The normalized spacial score (nSPS) is 11.5. The summed E-state index contributed by atoms with van der Waals surface area (Å²) in [5.74, 6) is 1.36. The Bertz CT molecular complexity index is 922. The number of amides is 1. The lowest BCUT2D eigenvalue weighted by atomic mass is 10.2. The monoisotopic (exact) mass is 408 g/mol. The molecule has 28 heavy (non-hydrogen) atoms. The average Bonchev–Trinajstić information content (AvgIpc) is 3.05. The quantitative estimate of drug-likeness (QED) is 0.661. The van der Waals surface area contributed by atoms with E-state index in [1.165, 1.54) is 20.2 Å². The zero-order chi connectivity index (χ0) is 20.9. The molecule has 8 nitrogen and oxygen atoms in total. The van der Waals surface area contributed by atoms with Gasteiger partial charge in [-0.25, -0.2) is 12.7 Å². The van der Waals surface area contributed by atoms with Crippen molar-refractivity contribution in [1.82, 2.24) is 9.21 Å². The summed E-state index contributed by atoms with van der Waals surface area (Å²) >= 11 is 0. The maximum atomic E-state index is 12.5. The number of anilines is 2. The highest BCUT2D eigenvalue weighted by atomic mass is 32.2. The fourth-order valence-electron chi connectivity index (χ4n) is 2.58. The largest absolute Gasteiger partial charge is 0.464 e. The van der Waals surface area contributed by atoms with Gasteiger partial charge >= 0.3 is 0 Å². The molecule has 154 valence electrons. The third-order valence-electron chi connectivity index (χ3n) is 4.18. The van der Waals surface area contributed by atoms with Crippen LogP contribution in [0.1, 0.15) is 18.4 Å². The van der Waals surface area contributed by atoms with E-state index in [-0.39, 0.29) is 17.3 Å². The SMILES string of the molecule is CCNc1ccc(S(=O)(=O)N(C)C)cc1NCC(=O)N(C)Cc1ccc(C)o1. The summed E-state index contributed by atoms with van der Waals surface area (Å²) in [4.78, 5) is 14.2. The van der Waals surface area contributed by atoms with Gasteiger partial charge in [-0.3, -0.25) is 4.79 Å². The van der Waals surface area contributed by atoms with Crippen LogP contribution in [0.2, 0.25) is 0 Å². The number of hydrogen-bond acceptors (Lipinski definition) is 6. The number of aryl methyl sites for hydroxylation is 1. The van der Waals surface area contributed by atoms with Crippen molar-refractivity contribution in [2.24, 2.45) is 0 Å². The van der Waals surface area contributed by atoms with Crippen LogP contribution in [-0.2, 0) is 21.4 Å². The van der Waals surface area contributed by atoms with Crippen molar-refractivity contribution in [2.45, 2.75) is 25.3 Å². The predicted molar refractivity (Wildman–Crippen MR) is 110 cm³/mol. The van der Waals surface area contributed by atoms with Crippen molar-refractivity contribution in [1.29, 1.82) is 0 Å². The van der Waals surface area contributed by atoms with Crippen LogP contribution in [0.25, 0.3) is 0 Å². The summed E-state index contributed by atoms with van der Waals surface area (Å²) in [5.41, 5.74) is 1.29. The molecule has 0 fully saturated rings. The van der Waals surface area contributed by atoms with E-state index in [1.807, 2.05) is 26.0 Å². The molecule has 1 heterocycles. The molecule has 2 aromatic rings. The Morgan fingerprint density at radius 3 is 2.36 bits per heavy atom. The molecule has 2 rings (SSSR count). The van der Waals surface area contributed by atoms with Gasteiger partial charge in [-0.2, -0.15) is 0 Å². The van der Waals surface area contributed by atoms with Crippen LogP contribution in [0, 0.1) is 6.92 Å². The molecule has 1 aromatic heterocycles. The molecule has 1 amide bonds. The Hall–Kier alpha value is -2.52. The van der Waals surface area contributed by atoms with E-state index in [0.717, 1.165) is 15.8 Å². The number of benzene rings is 1. The van der Waals surface area contributed by atoms with E-state index >= 15 is 0 Å². The predicted octanol–water partition coefficient (Wildman–Crippen LogP) is 2.34. The number of nitrogens with one attached hydrogen (secondary N) is 2. The fraction of sp³-hybridized carbons (Fsp3) is 0.421. The zero-order valence-electron chi connectivity index (χ0n) is 16.9. The fourth-order valence-corrected chi connectivity index (χ4v) is 3.51. The van der Waals surface area contributed by atoms with E-state index in [2.05, 4.69) is 10.6 Å². The van der Waals surface area contributed by atoms with Crippen molar-refractivity contribution in [3.05, 3.63) is 41.9 Å². The van der Waals surface area contributed by atoms with E-state index in [4.69, 9.17) is 4.42 Å². The molecule has 0 saturated carbocycles. The van der Waals surface area contributed by atoms with Crippen molar-refractivity contribution >= 4 is 27.3 Å². The molecule has 0 radical (unpaired) electrons. The van der Waals surface area contributed by atoms with Gasteiger partial charge in [0.15, 0.2) is 0 Å². The first-order chi connectivity index (χ1) is 13.1. The highest BCUT2D eigenvalue weighted by Gasteiger charge is 2.19. The topological polar surface area (TPSA) is 94.9 Å². The van der Waals surface area contributed by atoms with Crippen LogP contribution < -0.4 is 10.6 Å². The summed E-state index contributed by atoms with van der Waals surface area (Å²) in [6.07, 6.45) is 0. The smallest absolute Gasteiger partial charge is 0.242 e. The zero-order valence-corrected chi connectivity index (χ0v) is 17.8. The Balaban J connectivity index is 2.13. The molecule has 0 saturated heterocycles.